The summed E-state index contributed by atoms with van der Waals surface area (Å²) in [7, 11) is 0. The van der Waals surface area contributed by atoms with Crippen LogP contribution in [0.4, 0.5) is 18.9 Å². The van der Waals surface area contributed by atoms with Crippen molar-refractivity contribution in [1.82, 2.24) is 5.32 Å². The van der Waals surface area contributed by atoms with Crippen LogP contribution < -0.4 is 15.4 Å². The maximum absolute atomic E-state index is 12.1. The summed E-state index contributed by atoms with van der Waals surface area (Å²) < 4.78 is 40.9. The second kappa shape index (κ2) is 7.69. The normalized spacial score (nSPS) is 16.2. The smallest absolute Gasteiger partial charge is 0.422 e. The Morgan fingerprint density at radius 1 is 1.45 bits per heavy atom. The number of anilines is 1. The van der Waals surface area contributed by atoms with E-state index >= 15 is 0 Å². The van der Waals surface area contributed by atoms with Gasteiger partial charge in [-0.05, 0) is 31.1 Å². The SMILES string of the molecule is CC(C(=O)Nc1cccc(OCC(F)(F)F)c1)C1CNC1.Cl. The zero-order valence-electron chi connectivity index (χ0n) is 11.9. The number of halogens is 4. The largest absolute Gasteiger partial charge is 0.484 e. The molecule has 1 aromatic carbocycles. The number of rotatable bonds is 5. The molecule has 1 saturated heterocycles. The fraction of sp³-hybridized carbons (Fsp3) is 0.500. The number of hydrogen-bond acceptors (Lipinski definition) is 3. The number of amides is 1. The quantitative estimate of drug-likeness (QED) is 0.868. The molecule has 1 aromatic rings. The zero-order valence-corrected chi connectivity index (χ0v) is 12.8. The number of carbonyl (C=O) groups excluding carboxylic acids is 1. The van der Waals surface area contributed by atoms with Crippen molar-refractivity contribution in [2.45, 2.75) is 13.1 Å². The summed E-state index contributed by atoms with van der Waals surface area (Å²) in [5.41, 5.74) is 0.429. The van der Waals surface area contributed by atoms with Crippen molar-refractivity contribution in [3.05, 3.63) is 24.3 Å². The average Bonchev–Trinajstić information content (AvgIpc) is 2.34. The Bertz CT molecular complexity index is 507. The highest BCUT2D eigenvalue weighted by atomic mass is 35.5. The lowest BCUT2D eigenvalue weighted by atomic mass is 9.88. The van der Waals surface area contributed by atoms with Crippen molar-refractivity contribution < 1.29 is 22.7 Å². The lowest BCUT2D eigenvalue weighted by molar-refractivity contribution is -0.153. The minimum absolute atomic E-state index is 0. The van der Waals surface area contributed by atoms with Crippen molar-refractivity contribution in [3.63, 3.8) is 0 Å². The summed E-state index contributed by atoms with van der Waals surface area (Å²) in [4.78, 5) is 12.0. The van der Waals surface area contributed by atoms with E-state index in [1.165, 1.54) is 18.2 Å². The van der Waals surface area contributed by atoms with Gasteiger partial charge in [0.1, 0.15) is 5.75 Å². The summed E-state index contributed by atoms with van der Waals surface area (Å²) in [6.45, 7) is 2.10. The molecule has 0 aliphatic carbocycles. The van der Waals surface area contributed by atoms with Gasteiger partial charge in [0, 0.05) is 17.7 Å². The minimum atomic E-state index is -4.38. The molecule has 8 heteroatoms. The predicted molar refractivity (Wildman–Crippen MR) is 79.4 cm³/mol. The first-order valence-electron chi connectivity index (χ1n) is 6.66. The van der Waals surface area contributed by atoms with Gasteiger partial charge in [-0.1, -0.05) is 13.0 Å². The van der Waals surface area contributed by atoms with E-state index in [1.807, 2.05) is 6.92 Å². The third-order valence-electron chi connectivity index (χ3n) is 3.44. The topological polar surface area (TPSA) is 50.4 Å². The van der Waals surface area contributed by atoms with E-state index in [0.717, 1.165) is 13.1 Å². The van der Waals surface area contributed by atoms with E-state index < -0.39 is 12.8 Å². The highest BCUT2D eigenvalue weighted by Crippen LogP contribution is 2.23. The van der Waals surface area contributed by atoms with Crippen LogP contribution in [-0.4, -0.2) is 31.8 Å². The average molecular weight is 339 g/mol. The Balaban J connectivity index is 0.00000242. The summed E-state index contributed by atoms with van der Waals surface area (Å²) >= 11 is 0. The van der Waals surface area contributed by atoms with Crippen LogP contribution in [-0.2, 0) is 4.79 Å². The van der Waals surface area contributed by atoms with Crippen LogP contribution in [0.2, 0.25) is 0 Å². The molecule has 1 fully saturated rings. The van der Waals surface area contributed by atoms with Gasteiger partial charge in [-0.25, -0.2) is 0 Å². The molecule has 1 aliphatic rings. The third kappa shape index (κ3) is 5.38. The van der Waals surface area contributed by atoms with Crippen LogP contribution in [0.25, 0.3) is 0 Å². The van der Waals surface area contributed by atoms with Crippen LogP contribution in [0.5, 0.6) is 5.75 Å². The number of ether oxygens (including phenoxy) is 1. The number of carbonyl (C=O) groups is 1. The maximum atomic E-state index is 12.1. The molecule has 2 rings (SSSR count). The highest BCUT2D eigenvalue weighted by Gasteiger charge is 2.29. The molecule has 0 bridgehead atoms. The number of nitrogens with one attached hydrogen (secondary N) is 2. The van der Waals surface area contributed by atoms with Gasteiger partial charge in [0.15, 0.2) is 6.61 Å². The Morgan fingerprint density at radius 2 is 2.14 bits per heavy atom. The fourth-order valence-corrected chi connectivity index (χ4v) is 1.96. The molecule has 1 heterocycles. The molecule has 0 aromatic heterocycles. The molecular weight excluding hydrogens is 321 g/mol. The monoisotopic (exact) mass is 338 g/mol. The van der Waals surface area contributed by atoms with Gasteiger partial charge in [-0.3, -0.25) is 4.79 Å². The molecular formula is C14H18ClF3N2O2. The number of alkyl halides is 3. The van der Waals surface area contributed by atoms with Crippen LogP contribution in [0.1, 0.15) is 6.92 Å². The first-order chi connectivity index (χ1) is 9.85. The number of benzene rings is 1. The molecule has 0 saturated carbocycles. The van der Waals surface area contributed by atoms with Crippen LogP contribution >= 0.6 is 12.4 Å². The van der Waals surface area contributed by atoms with E-state index in [4.69, 9.17) is 0 Å². The van der Waals surface area contributed by atoms with Crippen LogP contribution in [0, 0.1) is 11.8 Å². The molecule has 124 valence electrons. The van der Waals surface area contributed by atoms with E-state index in [-0.39, 0.29) is 30.0 Å². The molecule has 1 unspecified atom stereocenters. The fourth-order valence-electron chi connectivity index (χ4n) is 1.96. The van der Waals surface area contributed by atoms with Gasteiger partial charge in [-0.15, -0.1) is 12.4 Å². The highest BCUT2D eigenvalue weighted by molar-refractivity contribution is 5.92. The minimum Gasteiger partial charge on any atom is -0.484 e. The second-order valence-corrected chi connectivity index (χ2v) is 5.13. The van der Waals surface area contributed by atoms with Crippen molar-refractivity contribution in [2.24, 2.45) is 11.8 Å². The summed E-state index contributed by atoms with van der Waals surface area (Å²) in [5, 5.41) is 5.79. The van der Waals surface area contributed by atoms with E-state index in [2.05, 4.69) is 15.4 Å². The van der Waals surface area contributed by atoms with Crippen molar-refractivity contribution >= 4 is 24.0 Å². The molecule has 1 amide bonds. The maximum Gasteiger partial charge on any atom is 0.422 e. The lowest BCUT2D eigenvalue weighted by Gasteiger charge is -2.31. The Hall–Kier alpha value is -1.47. The molecule has 4 nitrogen and oxygen atoms in total. The molecule has 1 aliphatic heterocycles. The van der Waals surface area contributed by atoms with E-state index in [9.17, 15) is 18.0 Å². The first-order valence-corrected chi connectivity index (χ1v) is 6.66. The van der Waals surface area contributed by atoms with Gasteiger partial charge in [0.2, 0.25) is 5.91 Å². The van der Waals surface area contributed by atoms with Gasteiger partial charge < -0.3 is 15.4 Å². The van der Waals surface area contributed by atoms with Gasteiger partial charge in [0.25, 0.3) is 0 Å². The molecule has 0 radical (unpaired) electrons. The number of hydrogen-bond donors (Lipinski definition) is 2. The molecule has 1 atom stereocenters. The standard InChI is InChI=1S/C14H17F3N2O2.ClH/c1-9(10-6-18-7-10)13(20)19-11-3-2-4-12(5-11)21-8-14(15,16)17;/h2-5,9-10,18H,6-8H2,1H3,(H,19,20);1H. The molecule has 22 heavy (non-hydrogen) atoms. The zero-order chi connectivity index (χ0) is 15.5. The molecule has 0 spiro atoms. The summed E-state index contributed by atoms with van der Waals surface area (Å²) in [6, 6.07) is 5.96. The van der Waals surface area contributed by atoms with Crippen molar-refractivity contribution in [1.29, 1.82) is 0 Å². The third-order valence-corrected chi connectivity index (χ3v) is 3.44. The summed E-state index contributed by atoms with van der Waals surface area (Å²) in [6.07, 6.45) is -4.38. The molecule has 2 N–H and O–H groups in total. The van der Waals surface area contributed by atoms with Crippen LogP contribution in [0.15, 0.2) is 24.3 Å². The Kier molecular flexibility index (Phi) is 6.49. The Labute approximate surface area is 132 Å². The van der Waals surface area contributed by atoms with Gasteiger partial charge >= 0.3 is 6.18 Å². The second-order valence-electron chi connectivity index (χ2n) is 5.13. The van der Waals surface area contributed by atoms with Gasteiger partial charge in [-0.2, -0.15) is 13.2 Å². The van der Waals surface area contributed by atoms with E-state index in [1.54, 1.807) is 6.07 Å². The lowest BCUT2D eigenvalue weighted by Crippen LogP contribution is -2.48. The van der Waals surface area contributed by atoms with E-state index in [0.29, 0.717) is 11.6 Å². The first kappa shape index (κ1) is 18.6. The summed E-state index contributed by atoms with van der Waals surface area (Å²) in [5.74, 6) is 0.0817. The van der Waals surface area contributed by atoms with Crippen molar-refractivity contribution in [2.75, 3.05) is 25.0 Å². The van der Waals surface area contributed by atoms with Crippen molar-refractivity contribution in [3.8, 4) is 5.75 Å². The predicted octanol–water partition coefficient (Wildman–Crippen LogP) is 2.84. The van der Waals surface area contributed by atoms with Crippen LogP contribution in [0.3, 0.4) is 0 Å². The Morgan fingerprint density at radius 3 is 2.68 bits per heavy atom. The van der Waals surface area contributed by atoms with Gasteiger partial charge in [0.05, 0.1) is 0 Å².